The first-order valence-electron chi connectivity index (χ1n) is 11.8. The normalized spacial score (nSPS) is 17.6. The van der Waals surface area contributed by atoms with Gasteiger partial charge in [-0.1, -0.05) is 36.4 Å². The summed E-state index contributed by atoms with van der Waals surface area (Å²) in [7, 11) is 2.37. The Kier molecular flexibility index (Phi) is 7.94. The predicted octanol–water partition coefficient (Wildman–Crippen LogP) is 2.45. The molecular weight excluding hydrogens is 490 g/mol. The van der Waals surface area contributed by atoms with Crippen LogP contribution < -0.4 is 16.0 Å². The van der Waals surface area contributed by atoms with Crippen molar-refractivity contribution in [2.75, 3.05) is 50.7 Å². The summed E-state index contributed by atoms with van der Waals surface area (Å²) < 4.78 is 15.4. The molecule has 0 saturated carbocycles. The molecule has 1 fully saturated rings. The van der Waals surface area contributed by atoms with E-state index in [0.717, 1.165) is 0 Å². The molecule has 196 valence electrons. The Morgan fingerprint density at radius 2 is 1.71 bits per heavy atom. The molecule has 38 heavy (non-hydrogen) atoms. The number of amides is 2. The van der Waals surface area contributed by atoms with Gasteiger partial charge in [-0.3, -0.25) is 4.90 Å². The molecule has 1 unspecified atom stereocenters. The van der Waals surface area contributed by atoms with Crippen molar-refractivity contribution in [1.29, 1.82) is 5.26 Å². The van der Waals surface area contributed by atoms with Gasteiger partial charge in [-0.15, -0.1) is 0 Å². The van der Waals surface area contributed by atoms with Crippen LogP contribution in [0.3, 0.4) is 0 Å². The Balaban J connectivity index is 1.85. The number of hydrogen-bond donors (Lipinski definition) is 2. The molecule has 0 aliphatic carbocycles. The highest BCUT2D eigenvalue weighted by atomic mass is 16.5. The average molecular weight is 518 g/mol. The Labute approximate surface area is 219 Å². The largest absolute Gasteiger partial charge is 0.466 e. The zero-order valence-corrected chi connectivity index (χ0v) is 21.0. The highest BCUT2D eigenvalue weighted by Gasteiger charge is 2.43. The Hall–Kier alpha value is -4.82. The Morgan fingerprint density at radius 1 is 1.03 bits per heavy atom. The van der Waals surface area contributed by atoms with Crippen molar-refractivity contribution >= 4 is 29.3 Å². The van der Waals surface area contributed by atoms with Crippen LogP contribution in [0.5, 0.6) is 0 Å². The number of esters is 2. The fraction of sp³-hybridized carbons (Fsp3) is 0.259. The van der Waals surface area contributed by atoms with Gasteiger partial charge < -0.3 is 30.2 Å². The Morgan fingerprint density at radius 3 is 2.34 bits per heavy atom. The lowest BCUT2D eigenvalue weighted by molar-refractivity contribution is -0.139. The van der Waals surface area contributed by atoms with Crippen molar-refractivity contribution in [3.05, 3.63) is 82.8 Å². The van der Waals surface area contributed by atoms with E-state index in [2.05, 4.69) is 11.4 Å². The molecule has 0 radical (unpaired) electrons. The quantitative estimate of drug-likeness (QED) is 0.571. The molecular formula is C27H27N5O6. The minimum absolute atomic E-state index is 0.0482. The third-order valence-electron chi connectivity index (χ3n) is 6.26. The lowest BCUT2D eigenvalue weighted by Gasteiger charge is -2.36. The number of urea groups is 1. The summed E-state index contributed by atoms with van der Waals surface area (Å²) in [6.45, 7) is 1.81. The molecule has 3 N–H and O–H groups in total. The van der Waals surface area contributed by atoms with E-state index < -0.39 is 17.9 Å². The molecule has 2 amide bonds. The summed E-state index contributed by atoms with van der Waals surface area (Å²) in [4.78, 5) is 42.0. The number of methoxy groups -OCH3 is 2. The summed E-state index contributed by atoms with van der Waals surface area (Å²) in [6, 6.07) is 17.1. The molecule has 1 saturated heterocycles. The van der Waals surface area contributed by atoms with E-state index >= 15 is 0 Å². The van der Waals surface area contributed by atoms with Crippen LogP contribution in [0.25, 0.3) is 0 Å². The van der Waals surface area contributed by atoms with Gasteiger partial charge in [0.15, 0.2) is 0 Å². The molecule has 2 heterocycles. The number of nitrogens with one attached hydrogen (secondary N) is 1. The molecule has 2 aliphatic rings. The van der Waals surface area contributed by atoms with Crippen LogP contribution in [0, 0.1) is 11.3 Å². The lowest BCUT2D eigenvalue weighted by atomic mass is 9.81. The van der Waals surface area contributed by atoms with E-state index in [1.54, 1.807) is 59.5 Å². The number of nitrogens with two attached hydrogens (primary N) is 1. The third kappa shape index (κ3) is 5.02. The van der Waals surface area contributed by atoms with Crippen molar-refractivity contribution < 1.29 is 28.6 Å². The zero-order chi connectivity index (χ0) is 27.2. The molecule has 0 aromatic heterocycles. The van der Waals surface area contributed by atoms with Crippen LogP contribution in [0.15, 0.2) is 77.3 Å². The smallest absolute Gasteiger partial charge is 0.355 e. The molecule has 2 aromatic carbocycles. The van der Waals surface area contributed by atoms with Crippen LogP contribution in [0.4, 0.5) is 16.2 Å². The summed E-state index contributed by atoms with van der Waals surface area (Å²) in [5.74, 6) is -2.70. The first-order chi connectivity index (χ1) is 18.4. The maximum absolute atomic E-state index is 13.2. The van der Waals surface area contributed by atoms with Gasteiger partial charge in [0.2, 0.25) is 0 Å². The van der Waals surface area contributed by atoms with Crippen LogP contribution in [0.1, 0.15) is 11.5 Å². The Bertz CT molecular complexity index is 1340. The summed E-state index contributed by atoms with van der Waals surface area (Å²) in [5.41, 5.74) is 7.59. The second kappa shape index (κ2) is 11.5. The number of nitrogens with zero attached hydrogens (tertiary/aromatic N) is 3. The fourth-order valence-electron chi connectivity index (χ4n) is 4.47. The van der Waals surface area contributed by atoms with E-state index in [0.29, 0.717) is 43.2 Å². The highest BCUT2D eigenvalue weighted by Crippen LogP contribution is 2.43. The SMILES string of the molecule is COC(=O)C1=C(C(=O)OC)N(c2cccc(NC(=O)N3CCOCC3)c2)C(N)=C(C#N)C1c1ccccc1. The molecule has 2 aliphatic heterocycles. The number of carbonyl (C=O) groups excluding carboxylic acids is 3. The number of hydrogen-bond acceptors (Lipinski definition) is 9. The minimum Gasteiger partial charge on any atom is -0.466 e. The van der Waals surface area contributed by atoms with Crippen molar-refractivity contribution in [3.8, 4) is 6.07 Å². The van der Waals surface area contributed by atoms with Gasteiger partial charge in [0, 0.05) is 24.5 Å². The summed E-state index contributed by atoms with van der Waals surface area (Å²) >= 11 is 0. The number of nitriles is 1. The molecule has 2 aromatic rings. The van der Waals surface area contributed by atoms with Crippen LogP contribution in [0.2, 0.25) is 0 Å². The first kappa shape index (κ1) is 26.2. The molecule has 11 heteroatoms. The fourth-order valence-corrected chi connectivity index (χ4v) is 4.47. The average Bonchev–Trinajstić information content (AvgIpc) is 2.96. The number of benzene rings is 2. The van der Waals surface area contributed by atoms with Crippen molar-refractivity contribution in [1.82, 2.24) is 4.90 Å². The number of ether oxygens (including phenoxy) is 3. The van der Waals surface area contributed by atoms with Crippen molar-refractivity contribution in [2.45, 2.75) is 5.92 Å². The topological polar surface area (TPSA) is 147 Å². The molecule has 11 nitrogen and oxygen atoms in total. The van der Waals surface area contributed by atoms with Crippen molar-refractivity contribution in [2.24, 2.45) is 5.73 Å². The summed E-state index contributed by atoms with van der Waals surface area (Å²) in [5, 5.41) is 13.0. The van der Waals surface area contributed by atoms with Gasteiger partial charge in [0.05, 0.1) is 50.6 Å². The predicted molar refractivity (Wildman–Crippen MR) is 137 cm³/mol. The number of rotatable bonds is 5. The summed E-state index contributed by atoms with van der Waals surface area (Å²) in [6.07, 6.45) is 0. The van der Waals surface area contributed by atoms with E-state index in [1.165, 1.54) is 19.1 Å². The van der Waals surface area contributed by atoms with E-state index in [4.69, 9.17) is 19.9 Å². The first-order valence-corrected chi connectivity index (χ1v) is 11.8. The van der Waals surface area contributed by atoms with Gasteiger partial charge in [-0.25, -0.2) is 14.4 Å². The van der Waals surface area contributed by atoms with Gasteiger partial charge in [0.25, 0.3) is 0 Å². The van der Waals surface area contributed by atoms with Gasteiger partial charge in [-0.2, -0.15) is 5.26 Å². The molecule has 1 atom stereocenters. The second-order valence-electron chi connectivity index (χ2n) is 8.42. The van der Waals surface area contributed by atoms with Crippen molar-refractivity contribution in [3.63, 3.8) is 0 Å². The van der Waals surface area contributed by atoms with E-state index in [9.17, 15) is 19.6 Å². The maximum Gasteiger partial charge on any atom is 0.355 e. The van der Waals surface area contributed by atoms with E-state index in [1.807, 2.05) is 0 Å². The van der Waals surface area contributed by atoms with Gasteiger partial charge in [-0.05, 0) is 23.8 Å². The van der Waals surface area contributed by atoms with Crippen LogP contribution in [-0.2, 0) is 23.8 Å². The number of carbonyl (C=O) groups is 3. The monoisotopic (exact) mass is 517 g/mol. The zero-order valence-electron chi connectivity index (χ0n) is 21.0. The molecule has 0 bridgehead atoms. The lowest BCUT2D eigenvalue weighted by Crippen LogP contribution is -2.43. The van der Waals surface area contributed by atoms with E-state index in [-0.39, 0.29) is 28.7 Å². The third-order valence-corrected chi connectivity index (χ3v) is 6.26. The van der Waals surface area contributed by atoms with Crippen LogP contribution in [-0.4, -0.2) is 63.4 Å². The minimum atomic E-state index is -0.969. The number of morpholine rings is 1. The number of allylic oxidation sites excluding steroid dienone is 1. The number of anilines is 2. The molecule has 4 rings (SSSR count). The van der Waals surface area contributed by atoms with Gasteiger partial charge in [0.1, 0.15) is 11.5 Å². The molecule has 0 spiro atoms. The highest BCUT2D eigenvalue weighted by molar-refractivity contribution is 6.06. The van der Waals surface area contributed by atoms with Gasteiger partial charge >= 0.3 is 18.0 Å². The second-order valence-corrected chi connectivity index (χ2v) is 8.42. The standard InChI is InChI=1S/C27H27N5O6/c1-36-25(33)22-21(17-7-4-3-5-8-17)20(16-28)24(29)32(23(22)26(34)37-2)19-10-6-9-18(15-19)30-27(35)31-11-13-38-14-12-31/h3-10,15,21H,11-14,29H2,1-2H3,(H,30,35). The van der Waals surface area contributed by atoms with Crippen LogP contribution >= 0.6 is 0 Å². The maximum atomic E-state index is 13.2.